The van der Waals surface area contributed by atoms with E-state index in [-0.39, 0.29) is 5.70 Å². The van der Waals surface area contributed by atoms with E-state index >= 15 is 0 Å². The van der Waals surface area contributed by atoms with Crippen LogP contribution in [0.2, 0.25) is 5.02 Å². The second kappa shape index (κ2) is 8.89. The minimum Gasteiger partial charge on any atom is -0.495 e. The summed E-state index contributed by atoms with van der Waals surface area (Å²) >= 11 is 6.26. The van der Waals surface area contributed by atoms with Crippen molar-refractivity contribution in [3.8, 4) is 5.75 Å². The zero-order chi connectivity index (χ0) is 22.8. The van der Waals surface area contributed by atoms with E-state index in [0.717, 1.165) is 10.6 Å². The molecule has 6 heteroatoms. The highest BCUT2D eigenvalue weighted by atomic mass is 35.5. The summed E-state index contributed by atoms with van der Waals surface area (Å²) in [6.07, 6.45) is 0. The van der Waals surface area contributed by atoms with E-state index in [4.69, 9.17) is 16.3 Å². The van der Waals surface area contributed by atoms with Gasteiger partial charge in [0.2, 0.25) is 0 Å². The number of benzene rings is 3. The summed E-state index contributed by atoms with van der Waals surface area (Å²) in [6, 6.07) is 21.8. The van der Waals surface area contributed by atoms with Gasteiger partial charge in [-0.1, -0.05) is 67.9 Å². The molecule has 0 fully saturated rings. The molecule has 3 aromatic carbocycles. The van der Waals surface area contributed by atoms with Crippen molar-refractivity contribution in [2.75, 3.05) is 17.3 Å². The SMILES string of the molecule is COc1ccc(N2C(=O)C(Nc3ccc(C(C)C)cc3)=C(c3ccccc3)C2=O)cc1Cl. The lowest BCUT2D eigenvalue weighted by molar-refractivity contribution is -0.120. The molecule has 1 aliphatic heterocycles. The van der Waals surface area contributed by atoms with Crippen LogP contribution in [0.5, 0.6) is 5.75 Å². The van der Waals surface area contributed by atoms with E-state index < -0.39 is 11.8 Å². The summed E-state index contributed by atoms with van der Waals surface area (Å²) < 4.78 is 5.19. The van der Waals surface area contributed by atoms with Crippen molar-refractivity contribution in [2.45, 2.75) is 19.8 Å². The van der Waals surface area contributed by atoms with Crippen LogP contribution in [0.15, 0.2) is 78.5 Å². The molecule has 0 atom stereocenters. The first-order valence-electron chi connectivity index (χ1n) is 10.3. The molecule has 0 spiro atoms. The normalized spacial score (nSPS) is 13.8. The van der Waals surface area contributed by atoms with E-state index in [1.165, 1.54) is 12.7 Å². The lowest BCUT2D eigenvalue weighted by Gasteiger charge is -2.16. The van der Waals surface area contributed by atoms with Gasteiger partial charge in [-0.25, -0.2) is 4.90 Å². The van der Waals surface area contributed by atoms with Gasteiger partial charge in [-0.05, 0) is 47.4 Å². The maximum Gasteiger partial charge on any atom is 0.282 e. The first-order valence-corrected chi connectivity index (χ1v) is 10.7. The Balaban J connectivity index is 1.76. The van der Waals surface area contributed by atoms with Gasteiger partial charge in [-0.3, -0.25) is 9.59 Å². The van der Waals surface area contributed by atoms with Crippen LogP contribution in [0.4, 0.5) is 11.4 Å². The van der Waals surface area contributed by atoms with Crippen LogP contribution in [0.25, 0.3) is 5.57 Å². The fraction of sp³-hybridized carbons (Fsp3) is 0.154. The zero-order valence-electron chi connectivity index (χ0n) is 18.1. The number of nitrogens with zero attached hydrogens (tertiary/aromatic N) is 1. The Morgan fingerprint density at radius 1 is 0.906 bits per heavy atom. The lowest BCUT2D eigenvalue weighted by atomic mass is 10.0. The minimum absolute atomic E-state index is 0.227. The van der Waals surface area contributed by atoms with Crippen molar-refractivity contribution >= 4 is 40.4 Å². The summed E-state index contributed by atoms with van der Waals surface area (Å²) in [5.41, 5.74) is 3.51. The van der Waals surface area contributed by atoms with E-state index in [1.54, 1.807) is 18.2 Å². The average molecular weight is 447 g/mol. The molecular formula is C26H23ClN2O3. The second-order valence-corrected chi connectivity index (χ2v) is 8.19. The van der Waals surface area contributed by atoms with Crippen LogP contribution in [0.1, 0.15) is 30.9 Å². The van der Waals surface area contributed by atoms with E-state index in [0.29, 0.717) is 33.5 Å². The maximum atomic E-state index is 13.5. The summed E-state index contributed by atoms with van der Waals surface area (Å²) in [6.45, 7) is 4.24. The molecule has 0 aliphatic carbocycles. The van der Waals surface area contributed by atoms with Gasteiger partial charge >= 0.3 is 0 Å². The van der Waals surface area contributed by atoms with E-state index in [9.17, 15) is 9.59 Å². The Morgan fingerprint density at radius 2 is 1.59 bits per heavy atom. The van der Waals surface area contributed by atoms with Crippen molar-refractivity contribution in [1.29, 1.82) is 0 Å². The first kappa shape index (κ1) is 21.7. The number of halogens is 1. The van der Waals surface area contributed by atoms with Crippen molar-refractivity contribution in [3.05, 3.63) is 94.6 Å². The Kier molecular flexibility index (Phi) is 6.01. The molecule has 5 nitrogen and oxygen atoms in total. The molecule has 4 rings (SSSR count). The molecular weight excluding hydrogens is 424 g/mol. The minimum atomic E-state index is -0.442. The molecule has 1 heterocycles. The molecule has 0 saturated heterocycles. The molecule has 0 bridgehead atoms. The fourth-order valence-electron chi connectivity index (χ4n) is 3.64. The summed E-state index contributed by atoms with van der Waals surface area (Å²) in [7, 11) is 1.51. The molecule has 0 unspecified atom stereocenters. The van der Waals surface area contributed by atoms with Gasteiger partial charge in [0, 0.05) is 5.69 Å². The number of ether oxygens (including phenoxy) is 1. The number of hydrogen-bond acceptors (Lipinski definition) is 4. The Hall–Kier alpha value is -3.57. The van der Waals surface area contributed by atoms with Crippen LogP contribution in [0, 0.1) is 0 Å². The molecule has 3 aromatic rings. The number of carbonyl (C=O) groups is 2. The number of carbonyl (C=O) groups excluding carboxylic acids is 2. The number of anilines is 2. The van der Waals surface area contributed by atoms with Gasteiger partial charge in [0.05, 0.1) is 23.4 Å². The molecule has 0 radical (unpaired) electrons. The van der Waals surface area contributed by atoms with Gasteiger partial charge in [-0.2, -0.15) is 0 Å². The molecule has 1 aliphatic rings. The number of imide groups is 1. The Morgan fingerprint density at radius 3 is 2.19 bits per heavy atom. The van der Waals surface area contributed by atoms with Crippen LogP contribution in [-0.2, 0) is 9.59 Å². The third-order valence-corrected chi connectivity index (χ3v) is 5.68. The van der Waals surface area contributed by atoms with Crippen LogP contribution in [-0.4, -0.2) is 18.9 Å². The molecule has 1 N–H and O–H groups in total. The predicted octanol–water partition coefficient (Wildman–Crippen LogP) is 5.87. The van der Waals surface area contributed by atoms with Crippen molar-refractivity contribution < 1.29 is 14.3 Å². The fourth-order valence-corrected chi connectivity index (χ4v) is 3.89. The molecule has 2 amide bonds. The van der Waals surface area contributed by atoms with Gasteiger partial charge < -0.3 is 10.1 Å². The Labute approximate surface area is 192 Å². The van der Waals surface area contributed by atoms with Gasteiger partial charge in [0.15, 0.2) is 0 Å². The predicted molar refractivity (Wildman–Crippen MR) is 128 cm³/mol. The summed E-state index contributed by atoms with van der Waals surface area (Å²) in [5, 5.41) is 3.50. The standard InChI is InChI=1S/C26H23ClN2O3/c1-16(2)17-9-11-19(12-10-17)28-24-23(18-7-5-4-6-8-18)25(30)29(26(24)31)20-13-14-22(32-3)21(27)15-20/h4-16,28H,1-3H3. The van der Waals surface area contributed by atoms with Crippen molar-refractivity contribution in [3.63, 3.8) is 0 Å². The highest BCUT2D eigenvalue weighted by Gasteiger charge is 2.40. The highest BCUT2D eigenvalue weighted by molar-refractivity contribution is 6.46. The second-order valence-electron chi connectivity index (χ2n) is 7.78. The van der Waals surface area contributed by atoms with Crippen molar-refractivity contribution in [2.24, 2.45) is 0 Å². The summed E-state index contributed by atoms with van der Waals surface area (Å²) in [5.74, 6) is 0.00856. The quantitative estimate of drug-likeness (QED) is 0.481. The van der Waals surface area contributed by atoms with Gasteiger partial charge in [0.1, 0.15) is 11.4 Å². The number of amides is 2. The van der Waals surface area contributed by atoms with Crippen LogP contribution >= 0.6 is 11.6 Å². The molecule has 0 aromatic heterocycles. The first-order chi connectivity index (χ1) is 15.4. The number of nitrogens with one attached hydrogen (secondary N) is 1. The smallest absolute Gasteiger partial charge is 0.282 e. The lowest BCUT2D eigenvalue weighted by Crippen LogP contribution is -2.32. The number of hydrogen-bond donors (Lipinski definition) is 1. The molecule has 32 heavy (non-hydrogen) atoms. The Bertz CT molecular complexity index is 1200. The average Bonchev–Trinajstić information content (AvgIpc) is 3.04. The summed E-state index contributed by atoms with van der Waals surface area (Å²) in [4.78, 5) is 28.1. The van der Waals surface area contributed by atoms with Crippen LogP contribution in [0.3, 0.4) is 0 Å². The largest absolute Gasteiger partial charge is 0.495 e. The van der Waals surface area contributed by atoms with Crippen molar-refractivity contribution in [1.82, 2.24) is 0 Å². The number of rotatable bonds is 6. The molecule has 0 saturated carbocycles. The zero-order valence-corrected chi connectivity index (χ0v) is 18.8. The van der Waals surface area contributed by atoms with Gasteiger partial charge in [-0.15, -0.1) is 0 Å². The van der Waals surface area contributed by atoms with Crippen LogP contribution < -0.4 is 15.0 Å². The van der Waals surface area contributed by atoms with Gasteiger partial charge in [0.25, 0.3) is 11.8 Å². The van der Waals surface area contributed by atoms with E-state index in [2.05, 4.69) is 19.2 Å². The highest BCUT2D eigenvalue weighted by Crippen LogP contribution is 2.36. The third-order valence-electron chi connectivity index (χ3n) is 5.39. The number of methoxy groups -OCH3 is 1. The molecule has 162 valence electrons. The third kappa shape index (κ3) is 3.99. The topological polar surface area (TPSA) is 58.6 Å². The monoisotopic (exact) mass is 446 g/mol. The maximum absolute atomic E-state index is 13.5. The van der Waals surface area contributed by atoms with E-state index in [1.807, 2.05) is 54.6 Å².